The first-order chi connectivity index (χ1) is 14.6. The smallest absolute Gasteiger partial charge is 0.317 e. The Balaban J connectivity index is 1.22. The van der Waals surface area contributed by atoms with Gasteiger partial charge in [-0.25, -0.2) is 15.0 Å². The summed E-state index contributed by atoms with van der Waals surface area (Å²) in [6.45, 7) is 2.46. The van der Waals surface area contributed by atoms with Crippen LogP contribution >= 0.6 is 11.3 Å². The largest absolute Gasteiger partial charge is 0.460 e. The van der Waals surface area contributed by atoms with E-state index in [0.29, 0.717) is 17.2 Å². The SMILES string of the molecule is CN(C)Cc1cnc(Nc2ncc(-c3ccnc(OC4CC5(COC5)C4)n3)s2)cn1. The van der Waals surface area contributed by atoms with Gasteiger partial charge in [0.15, 0.2) is 10.9 Å². The Morgan fingerprint density at radius 1 is 1.17 bits per heavy atom. The predicted molar refractivity (Wildman–Crippen MR) is 113 cm³/mol. The van der Waals surface area contributed by atoms with Crippen LogP contribution in [-0.2, 0) is 11.3 Å². The Kier molecular flexibility index (Phi) is 5.05. The summed E-state index contributed by atoms with van der Waals surface area (Å²) in [5.41, 5.74) is 2.06. The average Bonchev–Trinajstić information content (AvgIpc) is 3.13. The first-order valence-electron chi connectivity index (χ1n) is 9.83. The van der Waals surface area contributed by atoms with Crippen molar-refractivity contribution in [3.8, 4) is 16.6 Å². The molecule has 3 aromatic heterocycles. The third-order valence-electron chi connectivity index (χ3n) is 5.22. The van der Waals surface area contributed by atoms with Gasteiger partial charge in [0.05, 0.1) is 41.9 Å². The molecule has 0 amide bonds. The number of anilines is 2. The van der Waals surface area contributed by atoms with Crippen LogP contribution in [0.2, 0.25) is 0 Å². The highest BCUT2D eigenvalue weighted by Gasteiger charge is 2.51. The molecule has 30 heavy (non-hydrogen) atoms. The van der Waals surface area contributed by atoms with Crippen molar-refractivity contribution in [3.63, 3.8) is 0 Å². The van der Waals surface area contributed by atoms with Crippen molar-refractivity contribution < 1.29 is 9.47 Å². The molecule has 0 unspecified atom stereocenters. The van der Waals surface area contributed by atoms with Crippen LogP contribution in [-0.4, -0.2) is 63.2 Å². The average molecular weight is 426 g/mol. The minimum Gasteiger partial charge on any atom is -0.460 e. The van der Waals surface area contributed by atoms with E-state index in [1.54, 1.807) is 24.8 Å². The van der Waals surface area contributed by atoms with E-state index >= 15 is 0 Å². The molecule has 0 atom stereocenters. The first kappa shape index (κ1) is 19.3. The standard InChI is InChI=1S/C20H23N7O2S/c1-27(2)10-13-7-23-17(9-22-13)26-19-24-8-16(30-19)15-3-4-21-18(25-15)29-14-5-20(6-14)11-28-12-20/h3-4,7-9,14H,5-6,10-12H2,1-2H3,(H,23,24,26). The maximum Gasteiger partial charge on any atom is 0.317 e. The number of nitrogens with zero attached hydrogens (tertiary/aromatic N) is 6. The van der Waals surface area contributed by atoms with Crippen LogP contribution in [0.3, 0.4) is 0 Å². The number of thiazole rings is 1. The summed E-state index contributed by atoms with van der Waals surface area (Å²) in [5.74, 6) is 0.656. The predicted octanol–water partition coefficient (Wildman–Crippen LogP) is 2.75. The molecule has 1 aliphatic heterocycles. The molecule has 0 radical (unpaired) electrons. The lowest BCUT2D eigenvalue weighted by Crippen LogP contribution is -2.56. The van der Waals surface area contributed by atoms with Gasteiger partial charge in [-0.3, -0.25) is 4.98 Å². The summed E-state index contributed by atoms with van der Waals surface area (Å²) >= 11 is 1.49. The molecule has 5 rings (SSSR count). The monoisotopic (exact) mass is 425 g/mol. The van der Waals surface area contributed by atoms with Crippen molar-refractivity contribution in [2.24, 2.45) is 5.41 Å². The molecule has 0 bridgehead atoms. The molecule has 2 aliphatic rings. The molecular weight excluding hydrogens is 402 g/mol. The maximum atomic E-state index is 5.95. The second-order valence-corrected chi connectivity index (χ2v) is 9.18. The normalized spacial score (nSPS) is 17.6. The van der Waals surface area contributed by atoms with Gasteiger partial charge in [-0.2, -0.15) is 4.98 Å². The molecule has 4 heterocycles. The Labute approximate surface area is 178 Å². The number of hydrogen-bond donors (Lipinski definition) is 1. The van der Waals surface area contributed by atoms with Crippen LogP contribution < -0.4 is 10.1 Å². The topological polar surface area (TPSA) is 98.2 Å². The van der Waals surface area contributed by atoms with Gasteiger partial charge < -0.3 is 19.7 Å². The zero-order valence-electron chi connectivity index (χ0n) is 16.9. The summed E-state index contributed by atoms with van der Waals surface area (Å²) in [4.78, 5) is 25.1. The van der Waals surface area contributed by atoms with Crippen LogP contribution in [0.4, 0.5) is 10.9 Å². The van der Waals surface area contributed by atoms with Crippen LogP contribution in [0.1, 0.15) is 18.5 Å². The second-order valence-electron chi connectivity index (χ2n) is 8.15. The highest BCUT2D eigenvalue weighted by Crippen LogP contribution is 2.48. The molecule has 1 spiro atoms. The third-order valence-corrected chi connectivity index (χ3v) is 6.16. The van der Waals surface area contributed by atoms with Gasteiger partial charge in [0.25, 0.3) is 0 Å². The van der Waals surface area contributed by atoms with E-state index in [4.69, 9.17) is 9.47 Å². The molecule has 3 aromatic rings. The van der Waals surface area contributed by atoms with E-state index in [0.717, 1.165) is 54.0 Å². The molecular formula is C20H23N7O2S. The number of hydrogen-bond acceptors (Lipinski definition) is 10. The lowest BCUT2D eigenvalue weighted by molar-refractivity contribution is -0.192. The van der Waals surface area contributed by atoms with Gasteiger partial charge in [-0.15, -0.1) is 0 Å². The number of nitrogens with one attached hydrogen (secondary N) is 1. The zero-order chi connectivity index (χ0) is 20.6. The lowest BCUT2D eigenvalue weighted by atomic mass is 9.65. The van der Waals surface area contributed by atoms with Crippen molar-refractivity contribution in [1.82, 2.24) is 29.8 Å². The van der Waals surface area contributed by atoms with Crippen LogP contribution in [0.15, 0.2) is 30.9 Å². The van der Waals surface area contributed by atoms with E-state index in [9.17, 15) is 0 Å². The minimum absolute atomic E-state index is 0.178. The van der Waals surface area contributed by atoms with Gasteiger partial charge in [0.2, 0.25) is 0 Å². The van der Waals surface area contributed by atoms with Gasteiger partial charge in [0.1, 0.15) is 6.10 Å². The Morgan fingerprint density at radius 3 is 2.73 bits per heavy atom. The fraction of sp³-hybridized carbons (Fsp3) is 0.450. The van der Waals surface area contributed by atoms with Crippen molar-refractivity contribution >= 4 is 22.3 Å². The molecule has 10 heteroatoms. The maximum absolute atomic E-state index is 5.95. The summed E-state index contributed by atoms with van der Waals surface area (Å²) in [7, 11) is 4.00. The van der Waals surface area contributed by atoms with E-state index in [-0.39, 0.29) is 6.10 Å². The molecule has 1 saturated heterocycles. The Bertz CT molecular complexity index is 1010. The fourth-order valence-electron chi connectivity index (χ4n) is 3.68. The Hall–Kier alpha value is -2.69. The van der Waals surface area contributed by atoms with E-state index in [1.807, 2.05) is 20.2 Å². The van der Waals surface area contributed by atoms with Gasteiger partial charge >= 0.3 is 6.01 Å². The van der Waals surface area contributed by atoms with Gasteiger partial charge in [0, 0.05) is 24.4 Å². The summed E-state index contributed by atoms with van der Waals surface area (Å²) < 4.78 is 11.3. The summed E-state index contributed by atoms with van der Waals surface area (Å²) in [6, 6.07) is 2.28. The highest BCUT2D eigenvalue weighted by atomic mass is 32.1. The van der Waals surface area contributed by atoms with Gasteiger partial charge in [-0.05, 0) is 33.0 Å². The quantitative estimate of drug-likeness (QED) is 0.612. The molecule has 1 saturated carbocycles. The van der Waals surface area contributed by atoms with Crippen molar-refractivity contribution in [2.45, 2.75) is 25.5 Å². The van der Waals surface area contributed by atoms with Crippen LogP contribution in [0, 0.1) is 5.41 Å². The number of aromatic nitrogens is 5. The van der Waals surface area contributed by atoms with Crippen molar-refractivity contribution in [1.29, 1.82) is 0 Å². The summed E-state index contributed by atoms with van der Waals surface area (Å²) in [6.07, 6.45) is 9.21. The zero-order valence-corrected chi connectivity index (χ0v) is 17.7. The highest BCUT2D eigenvalue weighted by molar-refractivity contribution is 7.18. The summed E-state index contributed by atoms with van der Waals surface area (Å²) in [5, 5.41) is 3.92. The third kappa shape index (κ3) is 4.11. The molecule has 1 N–H and O–H groups in total. The molecule has 156 valence electrons. The fourth-order valence-corrected chi connectivity index (χ4v) is 4.48. The first-order valence-corrected chi connectivity index (χ1v) is 10.6. The van der Waals surface area contributed by atoms with Crippen LogP contribution in [0.25, 0.3) is 10.6 Å². The minimum atomic E-state index is 0.178. The van der Waals surface area contributed by atoms with E-state index < -0.39 is 0 Å². The van der Waals surface area contributed by atoms with E-state index in [1.165, 1.54) is 11.3 Å². The van der Waals surface area contributed by atoms with Gasteiger partial charge in [-0.1, -0.05) is 11.3 Å². The van der Waals surface area contributed by atoms with Crippen molar-refractivity contribution in [3.05, 3.63) is 36.5 Å². The molecule has 0 aromatic carbocycles. The molecule has 9 nitrogen and oxygen atoms in total. The number of ether oxygens (including phenoxy) is 2. The Morgan fingerprint density at radius 2 is 2.03 bits per heavy atom. The second kappa shape index (κ2) is 7.86. The number of rotatable bonds is 7. The molecule has 2 fully saturated rings. The van der Waals surface area contributed by atoms with Crippen molar-refractivity contribution in [2.75, 3.05) is 32.6 Å². The lowest BCUT2D eigenvalue weighted by Gasteiger charge is -2.52. The molecule has 1 aliphatic carbocycles. The van der Waals surface area contributed by atoms with Crippen LogP contribution in [0.5, 0.6) is 6.01 Å². The van der Waals surface area contributed by atoms with E-state index in [2.05, 4.69) is 35.1 Å².